The van der Waals surface area contributed by atoms with Crippen LogP contribution in [0.25, 0.3) is 0 Å². The summed E-state index contributed by atoms with van der Waals surface area (Å²) >= 11 is 0. The Morgan fingerprint density at radius 1 is 0.882 bits per heavy atom. The third-order valence-electron chi connectivity index (χ3n) is 5.85. The number of hydrogen-bond acceptors (Lipinski definition) is 2. The molecule has 0 aromatic heterocycles. The fourth-order valence-corrected chi connectivity index (χ4v) is 5.04. The molecular weight excluding hydrogens is 212 g/mol. The molecule has 2 heteroatoms. The van der Waals surface area contributed by atoms with Gasteiger partial charge >= 0.3 is 0 Å². The highest BCUT2D eigenvalue weighted by Gasteiger charge is 2.62. The predicted molar refractivity (Wildman–Crippen MR) is 67.7 cm³/mol. The Morgan fingerprint density at radius 2 is 1.59 bits per heavy atom. The second-order valence-corrected chi connectivity index (χ2v) is 7.15. The fraction of sp³-hybridized carbons (Fsp3) is 1.00. The number of rotatable bonds is 0. The van der Waals surface area contributed by atoms with Gasteiger partial charge in [-0.1, -0.05) is 27.2 Å². The summed E-state index contributed by atoms with van der Waals surface area (Å²) < 4.78 is 12.2. The standard InChI is InChI=1S/C15H26O2/c1-13(2)7-5-8-14(3)12(13)6-4-9-15(14)16-10-11-17-15/h12H,4-11H2,1-3H3/t12-,14-/m0/s1. The lowest BCUT2D eigenvalue weighted by Crippen LogP contribution is -2.59. The summed E-state index contributed by atoms with van der Waals surface area (Å²) in [6.07, 6.45) is 7.70. The van der Waals surface area contributed by atoms with Gasteiger partial charge in [-0.25, -0.2) is 0 Å². The van der Waals surface area contributed by atoms with Gasteiger partial charge in [0.15, 0.2) is 5.79 Å². The van der Waals surface area contributed by atoms with Crippen LogP contribution in [0.15, 0.2) is 0 Å². The van der Waals surface area contributed by atoms with Crippen molar-refractivity contribution in [2.24, 2.45) is 16.7 Å². The highest BCUT2D eigenvalue weighted by Crippen LogP contribution is 2.63. The zero-order valence-corrected chi connectivity index (χ0v) is 11.6. The quantitative estimate of drug-likeness (QED) is 0.640. The topological polar surface area (TPSA) is 18.5 Å². The molecule has 1 saturated heterocycles. The van der Waals surface area contributed by atoms with Gasteiger partial charge < -0.3 is 9.47 Å². The maximum Gasteiger partial charge on any atom is 0.174 e. The van der Waals surface area contributed by atoms with E-state index in [0.29, 0.717) is 5.41 Å². The van der Waals surface area contributed by atoms with Crippen LogP contribution in [0.2, 0.25) is 0 Å². The van der Waals surface area contributed by atoms with Crippen molar-refractivity contribution in [3.05, 3.63) is 0 Å². The highest BCUT2D eigenvalue weighted by molar-refractivity contribution is 5.06. The summed E-state index contributed by atoms with van der Waals surface area (Å²) in [7, 11) is 0. The van der Waals surface area contributed by atoms with Crippen molar-refractivity contribution in [2.75, 3.05) is 13.2 Å². The van der Waals surface area contributed by atoms with E-state index in [4.69, 9.17) is 9.47 Å². The summed E-state index contributed by atoms with van der Waals surface area (Å²) in [6, 6.07) is 0. The molecular formula is C15H26O2. The van der Waals surface area contributed by atoms with Crippen LogP contribution in [0.5, 0.6) is 0 Å². The van der Waals surface area contributed by atoms with Gasteiger partial charge in [-0.15, -0.1) is 0 Å². The van der Waals surface area contributed by atoms with E-state index in [0.717, 1.165) is 25.6 Å². The largest absolute Gasteiger partial charge is 0.347 e. The molecule has 0 aromatic rings. The molecule has 0 bridgehead atoms. The number of ether oxygens (including phenoxy) is 2. The molecule has 0 unspecified atom stereocenters. The molecule has 0 aromatic carbocycles. The maximum absolute atomic E-state index is 6.12. The monoisotopic (exact) mass is 238 g/mol. The molecule has 0 N–H and O–H groups in total. The van der Waals surface area contributed by atoms with E-state index in [9.17, 15) is 0 Å². The first-order valence-corrected chi connectivity index (χ1v) is 7.28. The Kier molecular flexibility index (Phi) is 2.61. The van der Waals surface area contributed by atoms with Crippen molar-refractivity contribution in [1.29, 1.82) is 0 Å². The molecule has 98 valence electrons. The first kappa shape index (κ1) is 12.0. The van der Waals surface area contributed by atoms with Gasteiger partial charge in [0.25, 0.3) is 0 Å². The SMILES string of the molecule is CC1(C)CCC[C@@]2(C)[C@H]1CCCC21OCCO1. The second-order valence-electron chi connectivity index (χ2n) is 7.15. The van der Waals surface area contributed by atoms with Gasteiger partial charge in [0, 0.05) is 11.8 Å². The zero-order valence-electron chi connectivity index (χ0n) is 11.6. The maximum atomic E-state index is 6.12. The lowest BCUT2D eigenvalue weighted by Gasteiger charge is -2.60. The molecule has 1 heterocycles. The molecule has 2 aliphatic carbocycles. The molecule has 2 atom stereocenters. The molecule has 3 fully saturated rings. The molecule has 3 aliphatic rings. The minimum Gasteiger partial charge on any atom is -0.347 e. The van der Waals surface area contributed by atoms with Crippen molar-refractivity contribution in [3.63, 3.8) is 0 Å². The van der Waals surface area contributed by atoms with Crippen LogP contribution in [-0.2, 0) is 9.47 Å². The van der Waals surface area contributed by atoms with Gasteiger partial charge in [0.2, 0.25) is 0 Å². The van der Waals surface area contributed by atoms with Crippen molar-refractivity contribution in [1.82, 2.24) is 0 Å². The van der Waals surface area contributed by atoms with Crippen LogP contribution >= 0.6 is 0 Å². The molecule has 1 spiro atoms. The van der Waals surface area contributed by atoms with Gasteiger partial charge in [0.1, 0.15) is 0 Å². The van der Waals surface area contributed by atoms with Gasteiger partial charge in [0.05, 0.1) is 13.2 Å². The molecule has 0 amide bonds. The molecule has 1 aliphatic heterocycles. The van der Waals surface area contributed by atoms with E-state index in [1.54, 1.807) is 0 Å². The van der Waals surface area contributed by atoms with Gasteiger partial charge in [-0.05, 0) is 37.0 Å². The molecule has 3 rings (SSSR count). The van der Waals surface area contributed by atoms with Crippen LogP contribution in [-0.4, -0.2) is 19.0 Å². The van der Waals surface area contributed by atoms with Crippen molar-refractivity contribution < 1.29 is 9.47 Å². The second kappa shape index (κ2) is 3.71. The van der Waals surface area contributed by atoms with Gasteiger partial charge in [-0.3, -0.25) is 0 Å². The molecule has 17 heavy (non-hydrogen) atoms. The van der Waals surface area contributed by atoms with E-state index in [-0.39, 0.29) is 11.2 Å². The van der Waals surface area contributed by atoms with E-state index in [2.05, 4.69) is 20.8 Å². The predicted octanol–water partition coefficient (Wildman–Crippen LogP) is 3.75. The van der Waals surface area contributed by atoms with E-state index < -0.39 is 0 Å². The normalized spacial score (nSPS) is 43.6. The third kappa shape index (κ3) is 1.53. The number of fused-ring (bicyclic) bond motifs is 2. The minimum atomic E-state index is -0.242. The zero-order chi connectivity index (χ0) is 12.1. The van der Waals surface area contributed by atoms with Gasteiger partial charge in [-0.2, -0.15) is 0 Å². The van der Waals surface area contributed by atoms with Crippen LogP contribution < -0.4 is 0 Å². The van der Waals surface area contributed by atoms with Crippen LogP contribution in [0.3, 0.4) is 0 Å². The lowest BCUT2D eigenvalue weighted by molar-refractivity contribution is -0.290. The van der Waals surface area contributed by atoms with E-state index >= 15 is 0 Å². The first-order chi connectivity index (χ1) is 8.00. The molecule has 2 nitrogen and oxygen atoms in total. The van der Waals surface area contributed by atoms with Crippen LogP contribution in [0.1, 0.15) is 59.3 Å². The highest BCUT2D eigenvalue weighted by atomic mass is 16.7. The minimum absolute atomic E-state index is 0.240. The Balaban J connectivity index is 1.99. The third-order valence-corrected chi connectivity index (χ3v) is 5.85. The molecule has 2 saturated carbocycles. The summed E-state index contributed by atoms with van der Waals surface area (Å²) in [5.74, 6) is 0.517. The summed E-state index contributed by atoms with van der Waals surface area (Å²) in [5, 5.41) is 0. The average Bonchev–Trinajstić information content (AvgIpc) is 2.71. The summed E-state index contributed by atoms with van der Waals surface area (Å²) in [4.78, 5) is 0. The smallest absolute Gasteiger partial charge is 0.174 e. The van der Waals surface area contributed by atoms with Crippen LogP contribution in [0, 0.1) is 16.7 Å². The van der Waals surface area contributed by atoms with E-state index in [1.165, 1.54) is 32.1 Å². The summed E-state index contributed by atoms with van der Waals surface area (Å²) in [6.45, 7) is 8.92. The van der Waals surface area contributed by atoms with E-state index in [1.807, 2.05) is 0 Å². The Hall–Kier alpha value is -0.0800. The van der Waals surface area contributed by atoms with Crippen LogP contribution in [0.4, 0.5) is 0 Å². The Labute approximate surface area is 105 Å². The summed E-state index contributed by atoms with van der Waals surface area (Å²) in [5.41, 5.74) is 0.694. The van der Waals surface area contributed by atoms with Crippen molar-refractivity contribution in [3.8, 4) is 0 Å². The average molecular weight is 238 g/mol. The number of hydrogen-bond donors (Lipinski definition) is 0. The first-order valence-electron chi connectivity index (χ1n) is 7.28. The lowest BCUT2D eigenvalue weighted by atomic mass is 9.49. The van der Waals surface area contributed by atoms with Crippen molar-refractivity contribution in [2.45, 2.75) is 65.1 Å². The fourth-order valence-electron chi connectivity index (χ4n) is 5.04. The van der Waals surface area contributed by atoms with Crippen molar-refractivity contribution >= 4 is 0 Å². The molecule has 0 radical (unpaired) electrons. The Bertz CT molecular complexity index is 304. The Morgan fingerprint density at radius 3 is 2.29 bits per heavy atom.